The van der Waals surface area contributed by atoms with E-state index < -0.39 is 0 Å². The molecule has 2 N–H and O–H groups in total. The molecule has 0 aliphatic rings. The smallest absolute Gasteiger partial charge is 0.103 e. The van der Waals surface area contributed by atoms with Crippen LogP contribution in [0.5, 0.6) is 0 Å². The second-order valence-electron chi connectivity index (χ2n) is 8.01. The molecule has 4 nitrogen and oxygen atoms in total. The van der Waals surface area contributed by atoms with Crippen LogP contribution in [0.15, 0.2) is 70.6 Å². The zero-order valence-electron chi connectivity index (χ0n) is 19.4. The van der Waals surface area contributed by atoms with Gasteiger partial charge in [0.1, 0.15) is 5.84 Å². The number of para-hydroxylation sites is 3. The molecule has 4 heteroatoms. The van der Waals surface area contributed by atoms with Crippen molar-refractivity contribution in [1.29, 1.82) is 0 Å². The van der Waals surface area contributed by atoms with E-state index in [0.29, 0.717) is 6.54 Å². The molecule has 0 radical (unpaired) electrons. The van der Waals surface area contributed by atoms with E-state index in [1.165, 1.54) is 22.3 Å². The van der Waals surface area contributed by atoms with Gasteiger partial charge in [-0.3, -0.25) is 4.99 Å². The van der Waals surface area contributed by atoms with Gasteiger partial charge in [-0.2, -0.15) is 0 Å². The Morgan fingerprint density at radius 3 is 1.90 bits per heavy atom. The van der Waals surface area contributed by atoms with Crippen LogP contribution in [0.1, 0.15) is 41.7 Å². The highest BCUT2D eigenvalue weighted by Crippen LogP contribution is 2.24. The van der Waals surface area contributed by atoms with E-state index in [-0.39, 0.29) is 0 Å². The largest absolute Gasteiger partial charge is 0.344 e. The summed E-state index contributed by atoms with van der Waals surface area (Å²) >= 11 is 0. The molecule has 3 aromatic rings. The summed E-state index contributed by atoms with van der Waals surface area (Å²) in [5.74, 6) is 1.76. The molecule has 31 heavy (non-hydrogen) atoms. The summed E-state index contributed by atoms with van der Waals surface area (Å²) in [6, 6.07) is 20.8. The molecule has 0 aliphatic heterocycles. The third-order valence-electron chi connectivity index (χ3n) is 5.33. The predicted octanol–water partition coefficient (Wildman–Crippen LogP) is 7.11. The Hall–Kier alpha value is -3.40. The Bertz CT molecular complexity index is 1090. The Morgan fingerprint density at radius 1 is 0.677 bits per heavy atom. The molecular formula is C27H32N4. The topological polar surface area (TPSA) is 48.8 Å². The van der Waals surface area contributed by atoms with E-state index in [9.17, 15) is 0 Å². The SMILES string of the molecule is CC(=Nc1c(C)cccc1C)Nc1ccccc1CN=C(C)Nc1c(C)cccc1C. The van der Waals surface area contributed by atoms with Gasteiger partial charge in [-0.1, -0.05) is 54.6 Å². The minimum absolute atomic E-state index is 0.587. The molecule has 0 amide bonds. The lowest BCUT2D eigenvalue weighted by Gasteiger charge is -2.14. The average molecular weight is 413 g/mol. The van der Waals surface area contributed by atoms with E-state index in [1.54, 1.807) is 0 Å². The minimum Gasteiger partial charge on any atom is -0.344 e. The van der Waals surface area contributed by atoms with Gasteiger partial charge in [-0.05, 0) is 75.4 Å². The lowest BCUT2D eigenvalue weighted by molar-refractivity contribution is 1.06. The fourth-order valence-corrected chi connectivity index (χ4v) is 3.59. The molecule has 0 unspecified atom stereocenters. The monoisotopic (exact) mass is 412 g/mol. The molecule has 3 aromatic carbocycles. The number of amidine groups is 2. The van der Waals surface area contributed by atoms with Crippen molar-refractivity contribution in [1.82, 2.24) is 0 Å². The van der Waals surface area contributed by atoms with E-state index >= 15 is 0 Å². The molecule has 0 bridgehead atoms. The summed E-state index contributed by atoms with van der Waals surface area (Å²) in [5.41, 5.74) is 9.09. The van der Waals surface area contributed by atoms with Crippen molar-refractivity contribution in [3.63, 3.8) is 0 Å². The van der Waals surface area contributed by atoms with Crippen molar-refractivity contribution >= 4 is 28.7 Å². The van der Waals surface area contributed by atoms with Crippen LogP contribution in [0, 0.1) is 27.7 Å². The van der Waals surface area contributed by atoms with Gasteiger partial charge in [-0.15, -0.1) is 0 Å². The van der Waals surface area contributed by atoms with Crippen LogP contribution >= 0.6 is 0 Å². The molecule has 0 heterocycles. The molecule has 0 fully saturated rings. The first-order valence-corrected chi connectivity index (χ1v) is 10.7. The van der Waals surface area contributed by atoms with Gasteiger partial charge in [0.2, 0.25) is 0 Å². The molecule has 160 valence electrons. The van der Waals surface area contributed by atoms with Crippen LogP contribution in [-0.4, -0.2) is 11.7 Å². The highest BCUT2D eigenvalue weighted by molar-refractivity contribution is 5.97. The van der Waals surface area contributed by atoms with E-state index in [4.69, 9.17) is 9.98 Å². The molecule has 0 aromatic heterocycles. The van der Waals surface area contributed by atoms with Crippen LogP contribution in [-0.2, 0) is 6.54 Å². The Balaban J connectivity index is 1.76. The second kappa shape index (κ2) is 10.1. The number of hydrogen-bond acceptors (Lipinski definition) is 2. The number of nitrogens with one attached hydrogen (secondary N) is 2. The van der Waals surface area contributed by atoms with Gasteiger partial charge in [0.15, 0.2) is 0 Å². The first-order valence-electron chi connectivity index (χ1n) is 10.7. The number of anilines is 2. The quantitative estimate of drug-likeness (QED) is 0.346. The van der Waals surface area contributed by atoms with E-state index in [0.717, 1.165) is 34.3 Å². The Kier molecular flexibility index (Phi) is 7.24. The average Bonchev–Trinajstić information content (AvgIpc) is 2.73. The van der Waals surface area contributed by atoms with Crippen LogP contribution < -0.4 is 10.6 Å². The lowest BCUT2D eigenvalue weighted by Crippen LogP contribution is -2.11. The highest BCUT2D eigenvalue weighted by atomic mass is 15.0. The summed E-state index contributed by atoms with van der Waals surface area (Å²) in [6.45, 7) is 13.0. The first kappa shape index (κ1) is 22.3. The lowest BCUT2D eigenvalue weighted by atomic mass is 10.1. The fraction of sp³-hybridized carbons (Fsp3) is 0.259. The van der Waals surface area contributed by atoms with Gasteiger partial charge in [0.05, 0.1) is 18.1 Å². The zero-order valence-corrected chi connectivity index (χ0v) is 19.4. The summed E-state index contributed by atoms with van der Waals surface area (Å²) in [4.78, 5) is 9.60. The van der Waals surface area contributed by atoms with Crippen molar-refractivity contribution in [2.75, 3.05) is 10.6 Å². The molecule has 0 atom stereocenters. The number of aliphatic imine (C=N–C) groups is 2. The standard InChI is InChI=1S/C27H32N4/c1-18-11-9-12-19(2)26(18)30-22(5)28-17-24-15-7-8-16-25(24)29-23(6)31-27-20(3)13-10-14-21(27)4/h7-16H,17H2,1-6H3,(H,28,30)(H,29,31). The normalized spacial score (nSPS) is 12.1. The van der Waals surface area contributed by atoms with Crippen molar-refractivity contribution in [2.24, 2.45) is 9.98 Å². The summed E-state index contributed by atoms with van der Waals surface area (Å²) in [6.07, 6.45) is 0. The molecule has 0 spiro atoms. The van der Waals surface area contributed by atoms with Crippen LogP contribution in [0.2, 0.25) is 0 Å². The van der Waals surface area contributed by atoms with Crippen molar-refractivity contribution < 1.29 is 0 Å². The van der Waals surface area contributed by atoms with Gasteiger partial charge in [0, 0.05) is 11.4 Å². The van der Waals surface area contributed by atoms with Gasteiger partial charge in [0.25, 0.3) is 0 Å². The Labute approximate surface area is 186 Å². The molecular weight excluding hydrogens is 380 g/mol. The number of benzene rings is 3. The van der Waals surface area contributed by atoms with Crippen molar-refractivity contribution in [3.8, 4) is 0 Å². The Morgan fingerprint density at radius 2 is 1.26 bits per heavy atom. The zero-order chi connectivity index (χ0) is 22.4. The summed E-state index contributed by atoms with van der Waals surface area (Å²) < 4.78 is 0. The third-order valence-corrected chi connectivity index (χ3v) is 5.33. The second-order valence-corrected chi connectivity index (χ2v) is 8.01. The number of hydrogen-bond donors (Lipinski definition) is 2. The van der Waals surface area contributed by atoms with E-state index in [2.05, 4.69) is 86.9 Å². The maximum absolute atomic E-state index is 4.82. The highest BCUT2D eigenvalue weighted by Gasteiger charge is 2.06. The van der Waals surface area contributed by atoms with Crippen molar-refractivity contribution in [2.45, 2.75) is 48.1 Å². The maximum Gasteiger partial charge on any atom is 0.103 e. The van der Waals surface area contributed by atoms with Gasteiger partial charge < -0.3 is 10.6 Å². The van der Waals surface area contributed by atoms with Crippen LogP contribution in [0.4, 0.5) is 17.1 Å². The van der Waals surface area contributed by atoms with E-state index in [1.807, 2.05) is 26.0 Å². The number of aryl methyl sites for hydroxylation is 4. The maximum atomic E-state index is 4.82. The van der Waals surface area contributed by atoms with Crippen LogP contribution in [0.3, 0.4) is 0 Å². The van der Waals surface area contributed by atoms with Crippen LogP contribution in [0.25, 0.3) is 0 Å². The predicted molar refractivity (Wildman–Crippen MR) is 135 cm³/mol. The number of rotatable bonds is 5. The first-order chi connectivity index (χ1) is 14.8. The summed E-state index contributed by atoms with van der Waals surface area (Å²) in [7, 11) is 0. The molecule has 0 aliphatic carbocycles. The molecule has 0 saturated carbocycles. The number of nitrogens with zero attached hydrogens (tertiary/aromatic N) is 2. The third kappa shape index (κ3) is 5.82. The fourth-order valence-electron chi connectivity index (χ4n) is 3.59. The van der Waals surface area contributed by atoms with Crippen molar-refractivity contribution in [3.05, 3.63) is 88.5 Å². The minimum atomic E-state index is 0.587. The van der Waals surface area contributed by atoms with Gasteiger partial charge >= 0.3 is 0 Å². The molecule has 0 saturated heterocycles. The van der Waals surface area contributed by atoms with Gasteiger partial charge in [-0.25, -0.2) is 4.99 Å². The summed E-state index contributed by atoms with van der Waals surface area (Å²) in [5, 5.41) is 6.93. The molecule has 3 rings (SSSR count).